The molecule has 2 heterocycles. The van der Waals surface area contributed by atoms with Crippen molar-refractivity contribution in [3.05, 3.63) is 77.5 Å². The van der Waals surface area contributed by atoms with Crippen molar-refractivity contribution in [2.75, 3.05) is 17.3 Å². The monoisotopic (exact) mass is 381 g/mol. The average Bonchev–Trinajstić information content (AvgIpc) is 2.77. The molecule has 0 aliphatic carbocycles. The van der Waals surface area contributed by atoms with Crippen LogP contribution in [0.5, 0.6) is 11.6 Å². The van der Waals surface area contributed by atoms with Crippen LogP contribution in [-0.2, 0) is 0 Å². The molecule has 1 aliphatic rings. The minimum atomic E-state index is -0.979. The fourth-order valence-electron chi connectivity index (χ4n) is 2.88. The van der Waals surface area contributed by atoms with Gasteiger partial charge in [-0.15, -0.1) is 0 Å². The predicted octanol–water partition coefficient (Wildman–Crippen LogP) is 3.99. The lowest BCUT2D eigenvalue weighted by atomic mass is 10.1. The van der Waals surface area contributed by atoms with Gasteiger partial charge in [-0.2, -0.15) is 0 Å². The van der Waals surface area contributed by atoms with Crippen LogP contribution in [0.2, 0.25) is 0 Å². The Labute approximate surface area is 158 Å². The molecule has 1 aliphatic heterocycles. The van der Waals surface area contributed by atoms with E-state index in [0.29, 0.717) is 5.69 Å². The number of amides is 2. The molecule has 0 unspecified atom stereocenters. The van der Waals surface area contributed by atoms with E-state index >= 15 is 0 Å². The van der Waals surface area contributed by atoms with Gasteiger partial charge in [0.1, 0.15) is 28.6 Å². The van der Waals surface area contributed by atoms with Crippen LogP contribution in [0.4, 0.5) is 20.2 Å². The van der Waals surface area contributed by atoms with Gasteiger partial charge in [-0.3, -0.25) is 9.59 Å². The number of rotatable bonds is 2. The van der Waals surface area contributed by atoms with Gasteiger partial charge in [0.2, 0.25) is 5.88 Å². The number of pyridine rings is 1. The molecule has 0 saturated carbocycles. The molecule has 3 aromatic rings. The van der Waals surface area contributed by atoms with Crippen LogP contribution < -0.4 is 15.0 Å². The Morgan fingerprint density at radius 2 is 1.86 bits per heavy atom. The zero-order valence-electron chi connectivity index (χ0n) is 14.6. The third-order valence-electron chi connectivity index (χ3n) is 4.28. The number of halogens is 2. The number of anilines is 2. The zero-order chi connectivity index (χ0) is 19.8. The number of hydrogen-bond acceptors (Lipinski definition) is 4. The summed E-state index contributed by atoms with van der Waals surface area (Å²) in [4.78, 5) is 30.6. The van der Waals surface area contributed by atoms with Crippen molar-refractivity contribution in [2.24, 2.45) is 0 Å². The molecule has 0 bridgehead atoms. The lowest BCUT2D eigenvalue weighted by Crippen LogP contribution is -2.25. The van der Waals surface area contributed by atoms with Gasteiger partial charge in [-0.05, 0) is 42.5 Å². The Hall–Kier alpha value is -3.81. The fraction of sp³-hybridized carbons (Fsp3) is 0.0500. The molecule has 0 saturated heterocycles. The summed E-state index contributed by atoms with van der Waals surface area (Å²) in [5.74, 6) is -2.78. The van der Waals surface area contributed by atoms with Crippen molar-refractivity contribution in [1.82, 2.24) is 4.98 Å². The largest absolute Gasteiger partial charge is 0.436 e. The van der Waals surface area contributed by atoms with Crippen LogP contribution in [0.1, 0.15) is 20.7 Å². The molecule has 0 fully saturated rings. The maximum absolute atomic E-state index is 13.8. The predicted molar refractivity (Wildman–Crippen MR) is 97.8 cm³/mol. The molecule has 140 valence electrons. The van der Waals surface area contributed by atoms with Crippen LogP contribution in [-0.4, -0.2) is 23.8 Å². The Morgan fingerprint density at radius 1 is 1.11 bits per heavy atom. The van der Waals surface area contributed by atoms with Crippen LogP contribution in [0.3, 0.4) is 0 Å². The molecule has 8 heteroatoms. The summed E-state index contributed by atoms with van der Waals surface area (Å²) in [6, 6.07) is 10.9. The van der Waals surface area contributed by atoms with Crippen LogP contribution in [0.25, 0.3) is 0 Å². The van der Waals surface area contributed by atoms with E-state index in [1.807, 2.05) is 0 Å². The van der Waals surface area contributed by atoms with Gasteiger partial charge in [0.25, 0.3) is 11.8 Å². The minimum absolute atomic E-state index is 0.173. The average molecular weight is 381 g/mol. The quantitative estimate of drug-likeness (QED) is 0.729. The molecule has 4 rings (SSSR count). The van der Waals surface area contributed by atoms with E-state index in [4.69, 9.17) is 4.74 Å². The number of carbonyl (C=O) groups excluding carboxylic acids is 2. The number of nitrogens with one attached hydrogen (secondary N) is 1. The summed E-state index contributed by atoms with van der Waals surface area (Å²) in [5, 5.41) is 2.41. The Morgan fingerprint density at radius 3 is 2.61 bits per heavy atom. The molecule has 0 atom stereocenters. The zero-order valence-corrected chi connectivity index (χ0v) is 14.6. The van der Waals surface area contributed by atoms with Gasteiger partial charge in [0.05, 0.1) is 5.56 Å². The lowest BCUT2D eigenvalue weighted by Gasteiger charge is -2.15. The first kappa shape index (κ1) is 17.6. The van der Waals surface area contributed by atoms with Crippen molar-refractivity contribution in [2.45, 2.75) is 0 Å². The molecule has 0 spiro atoms. The van der Waals surface area contributed by atoms with E-state index in [-0.39, 0.29) is 28.8 Å². The van der Waals surface area contributed by atoms with Gasteiger partial charge in [0, 0.05) is 18.9 Å². The van der Waals surface area contributed by atoms with E-state index in [9.17, 15) is 18.4 Å². The number of ether oxygens (including phenoxy) is 1. The van der Waals surface area contributed by atoms with Crippen molar-refractivity contribution in [3.8, 4) is 11.6 Å². The Balaban J connectivity index is 1.68. The van der Waals surface area contributed by atoms with Gasteiger partial charge in [-0.25, -0.2) is 13.8 Å². The van der Waals surface area contributed by atoms with Gasteiger partial charge in [0.15, 0.2) is 0 Å². The molecule has 6 nitrogen and oxygen atoms in total. The molecule has 0 radical (unpaired) electrons. The second kappa shape index (κ2) is 6.73. The van der Waals surface area contributed by atoms with Crippen molar-refractivity contribution in [3.63, 3.8) is 0 Å². The first-order valence-electron chi connectivity index (χ1n) is 8.26. The van der Waals surface area contributed by atoms with E-state index < -0.39 is 23.1 Å². The van der Waals surface area contributed by atoms with Crippen molar-refractivity contribution >= 4 is 23.2 Å². The highest BCUT2D eigenvalue weighted by Crippen LogP contribution is 2.37. The number of hydrogen-bond donors (Lipinski definition) is 1. The number of fused-ring (bicyclic) bond motifs is 2. The topological polar surface area (TPSA) is 71.5 Å². The van der Waals surface area contributed by atoms with E-state index in [1.54, 1.807) is 25.4 Å². The van der Waals surface area contributed by atoms with Crippen LogP contribution in [0.15, 0.2) is 54.7 Å². The standard InChI is InChI=1S/C20H13F2N3O3/c1-25-15-6-3-9-23-19(15)28-16-8-7-11(10-12(16)20(25)27)24-18(26)17-13(21)4-2-5-14(17)22/h2-10H,1H3,(H,24,26). The smallest absolute Gasteiger partial charge is 0.262 e. The Bertz CT molecular complexity index is 1100. The van der Waals surface area contributed by atoms with Crippen LogP contribution in [0, 0.1) is 11.6 Å². The summed E-state index contributed by atoms with van der Waals surface area (Å²) in [7, 11) is 1.57. The van der Waals surface area contributed by atoms with Crippen molar-refractivity contribution in [1.29, 1.82) is 0 Å². The first-order chi connectivity index (χ1) is 13.5. The SMILES string of the molecule is CN1C(=O)c2cc(NC(=O)c3c(F)cccc3F)ccc2Oc2ncccc21. The molecule has 2 aromatic carbocycles. The summed E-state index contributed by atoms with van der Waals surface area (Å²) in [6.45, 7) is 0. The van der Waals surface area contributed by atoms with Crippen LogP contribution >= 0.6 is 0 Å². The molecule has 1 N–H and O–H groups in total. The van der Waals surface area contributed by atoms with E-state index in [2.05, 4.69) is 10.3 Å². The van der Waals surface area contributed by atoms with Gasteiger partial charge >= 0.3 is 0 Å². The summed E-state index contributed by atoms with van der Waals surface area (Å²) >= 11 is 0. The maximum Gasteiger partial charge on any atom is 0.262 e. The van der Waals surface area contributed by atoms with Gasteiger partial charge in [-0.1, -0.05) is 6.07 Å². The normalized spacial score (nSPS) is 12.5. The molecule has 1 aromatic heterocycles. The second-order valence-corrected chi connectivity index (χ2v) is 6.06. The summed E-state index contributed by atoms with van der Waals surface area (Å²) in [5.41, 5.74) is 0.152. The fourth-order valence-corrected chi connectivity index (χ4v) is 2.88. The van der Waals surface area contributed by atoms with E-state index in [1.165, 1.54) is 29.2 Å². The van der Waals surface area contributed by atoms with Crippen molar-refractivity contribution < 1.29 is 23.1 Å². The maximum atomic E-state index is 13.8. The van der Waals surface area contributed by atoms with Gasteiger partial charge < -0.3 is 15.0 Å². The second-order valence-electron chi connectivity index (χ2n) is 6.06. The summed E-state index contributed by atoms with van der Waals surface area (Å²) in [6.07, 6.45) is 1.54. The number of benzene rings is 2. The minimum Gasteiger partial charge on any atom is -0.436 e. The number of nitrogens with zero attached hydrogens (tertiary/aromatic N) is 2. The number of carbonyl (C=O) groups is 2. The number of aromatic nitrogens is 1. The molecular weight excluding hydrogens is 368 g/mol. The third-order valence-corrected chi connectivity index (χ3v) is 4.28. The molecule has 28 heavy (non-hydrogen) atoms. The molecule has 2 amide bonds. The highest BCUT2D eigenvalue weighted by atomic mass is 19.1. The summed E-state index contributed by atoms with van der Waals surface area (Å²) < 4.78 is 33.3. The first-order valence-corrected chi connectivity index (χ1v) is 8.26. The highest BCUT2D eigenvalue weighted by Gasteiger charge is 2.27. The molecular formula is C20H13F2N3O3. The lowest BCUT2D eigenvalue weighted by molar-refractivity contribution is 0.0989. The Kier molecular flexibility index (Phi) is 4.23. The highest BCUT2D eigenvalue weighted by molar-refractivity contribution is 6.11. The third kappa shape index (κ3) is 2.94. The van der Waals surface area contributed by atoms with E-state index in [0.717, 1.165) is 12.1 Å².